The monoisotopic (exact) mass is 340 g/mol. The molecule has 4 N–H and O–H groups in total. The van der Waals surface area contributed by atoms with Gasteiger partial charge in [-0.05, 0) is 0 Å². The molecule has 0 amide bonds. The van der Waals surface area contributed by atoms with Crippen molar-refractivity contribution >= 4 is 126 Å². The molecule has 0 radical (unpaired) electrons. The molecule has 1 aromatic carbocycles. The molecule has 1 aromatic rings. The average Bonchev–Trinajstić information content (AvgIpc) is 2.14. The summed E-state index contributed by atoms with van der Waals surface area (Å²) in [5, 5.41) is 50.1. The molecule has 20 heavy (non-hydrogen) atoms. The number of nitrogen functional groups attached to an aromatic ring is 1. The Balaban J connectivity index is 0. The fourth-order valence-electron chi connectivity index (χ4n) is 1.25. The molecular formula is C6H6K2N4O8. The second-order valence-electron chi connectivity index (χ2n) is 2.93. The van der Waals surface area contributed by atoms with Crippen LogP contribution in [0, 0.1) is 30.3 Å². The predicted molar refractivity (Wildman–Crippen MR) is 68.4 cm³/mol. The van der Waals surface area contributed by atoms with Crippen molar-refractivity contribution in [1.82, 2.24) is 0 Å². The third kappa shape index (κ3) is 4.06. The molecule has 0 spiro atoms. The number of hydrogen-bond acceptors (Lipinski definition) is 9. The Morgan fingerprint density at radius 2 is 1.00 bits per heavy atom. The summed E-state index contributed by atoms with van der Waals surface area (Å²) >= 11 is 0. The molecule has 14 heteroatoms. The van der Waals surface area contributed by atoms with Crippen molar-refractivity contribution in [2.75, 3.05) is 5.73 Å². The number of phenolic OH excluding ortho intramolecular Hbond substituents is 2. The molecule has 12 nitrogen and oxygen atoms in total. The third-order valence-corrected chi connectivity index (χ3v) is 1.96. The van der Waals surface area contributed by atoms with Gasteiger partial charge in [0.15, 0.2) is 5.69 Å². The van der Waals surface area contributed by atoms with Gasteiger partial charge >= 0.3 is 120 Å². The SMILES string of the molecule is Nc1c([N+](=O)[O-])c(O)c([N+](=O)[O-])c(O)c1[N+](=O)[O-].[KH].[KH]. The van der Waals surface area contributed by atoms with E-state index in [4.69, 9.17) is 5.73 Å². The van der Waals surface area contributed by atoms with Crippen molar-refractivity contribution in [3.05, 3.63) is 30.3 Å². The summed E-state index contributed by atoms with van der Waals surface area (Å²) in [5.41, 5.74) is -0.520. The maximum absolute atomic E-state index is 10.5. The van der Waals surface area contributed by atoms with Crippen molar-refractivity contribution in [3.8, 4) is 11.5 Å². The average molecular weight is 340 g/mol. The standard InChI is InChI=1S/C6H4N4O8.2K.2H/c7-1-2(8(13)14)5(11)4(10(17)18)6(12)3(1)9(15)16;;;;/h11-12H,7H2;;;;. The molecule has 100 valence electrons. The topological polar surface area (TPSA) is 196 Å². The van der Waals surface area contributed by atoms with Crippen LogP contribution in [0.3, 0.4) is 0 Å². The minimum absolute atomic E-state index is 0. The number of rotatable bonds is 3. The first-order valence-electron chi connectivity index (χ1n) is 4.00. The van der Waals surface area contributed by atoms with Crippen LogP contribution < -0.4 is 5.73 Å². The van der Waals surface area contributed by atoms with E-state index in [1.807, 2.05) is 0 Å². The summed E-state index contributed by atoms with van der Waals surface area (Å²) in [7, 11) is 0. The Labute approximate surface area is 194 Å². The van der Waals surface area contributed by atoms with Crippen LogP contribution in [-0.4, -0.2) is 128 Å². The first-order valence-corrected chi connectivity index (χ1v) is 4.00. The van der Waals surface area contributed by atoms with Gasteiger partial charge in [-0.1, -0.05) is 0 Å². The molecule has 0 saturated carbocycles. The Kier molecular flexibility index (Phi) is 9.53. The first-order chi connectivity index (χ1) is 8.20. The van der Waals surface area contributed by atoms with Crippen molar-refractivity contribution in [1.29, 1.82) is 0 Å². The van der Waals surface area contributed by atoms with Crippen molar-refractivity contribution < 1.29 is 25.0 Å². The Morgan fingerprint density at radius 3 is 1.20 bits per heavy atom. The Bertz CT molecular complexity index is 489. The van der Waals surface area contributed by atoms with Gasteiger partial charge in [0.2, 0.25) is 0 Å². The number of anilines is 1. The van der Waals surface area contributed by atoms with Crippen molar-refractivity contribution in [3.63, 3.8) is 0 Å². The van der Waals surface area contributed by atoms with E-state index in [2.05, 4.69) is 0 Å². The number of benzene rings is 1. The van der Waals surface area contributed by atoms with E-state index in [-0.39, 0.29) is 103 Å². The molecule has 0 atom stereocenters. The van der Waals surface area contributed by atoms with Gasteiger partial charge in [-0.2, -0.15) is 0 Å². The molecule has 0 fully saturated rings. The number of phenols is 2. The molecule has 0 aromatic heterocycles. The van der Waals surface area contributed by atoms with Gasteiger partial charge in [0.25, 0.3) is 11.5 Å². The molecule has 0 aliphatic carbocycles. The molecule has 0 saturated heterocycles. The number of hydrogen-bond donors (Lipinski definition) is 3. The van der Waals surface area contributed by atoms with Crippen LogP contribution in [-0.2, 0) is 0 Å². The van der Waals surface area contributed by atoms with E-state index >= 15 is 0 Å². The second-order valence-corrected chi connectivity index (χ2v) is 2.93. The number of nitrogens with two attached hydrogens (primary N) is 1. The van der Waals surface area contributed by atoms with E-state index < -0.39 is 49.0 Å². The van der Waals surface area contributed by atoms with Crippen LogP contribution in [0.1, 0.15) is 0 Å². The van der Waals surface area contributed by atoms with E-state index in [1.165, 1.54) is 0 Å². The fraction of sp³-hybridized carbons (Fsp3) is 0. The molecule has 1 rings (SSSR count). The quantitative estimate of drug-likeness (QED) is 0.270. The third-order valence-electron chi connectivity index (χ3n) is 1.96. The van der Waals surface area contributed by atoms with Crippen LogP contribution >= 0.6 is 0 Å². The Morgan fingerprint density at radius 1 is 0.750 bits per heavy atom. The van der Waals surface area contributed by atoms with Gasteiger partial charge < -0.3 is 15.9 Å². The normalized spacial score (nSPS) is 9.00. The van der Waals surface area contributed by atoms with Gasteiger partial charge in [-0.25, -0.2) is 0 Å². The maximum atomic E-state index is 10.5. The van der Waals surface area contributed by atoms with Crippen molar-refractivity contribution in [2.24, 2.45) is 0 Å². The molecule has 0 unspecified atom stereocenters. The van der Waals surface area contributed by atoms with E-state index in [9.17, 15) is 40.6 Å². The van der Waals surface area contributed by atoms with Gasteiger partial charge in [-0.15, -0.1) is 0 Å². The summed E-state index contributed by atoms with van der Waals surface area (Å²) in [5.74, 6) is -3.10. The van der Waals surface area contributed by atoms with Crippen LogP contribution in [0.5, 0.6) is 11.5 Å². The van der Waals surface area contributed by atoms with E-state index in [0.717, 1.165) is 0 Å². The van der Waals surface area contributed by atoms with Gasteiger partial charge in [0, 0.05) is 0 Å². The summed E-state index contributed by atoms with van der Waals surface area (Å²) in [6.45, 7) is 0. The zero-order valence-electron chi connectivity index (χ0n) is 8.26. The van der Waals surface area contributed by atoms with Crippen LogP contribution in [0.25, 0.3) is 0 Å². The molecule has 0 aliphatic heterocycles. The zero-order chi connectivity index (χ0) is 14.2. The number of nitro benzene ring substituents is 3. The number of nitrogens with zero attached hydrogens (tertiary/aromatic N) is 3. The predicted octanol–water partition coefficient (Wildman–Crippen LogP) is -0.892. The van der Waals surface area contributed by atoms with E-state index in [0.29, 0.717) is 0 Å². The molecule has 0 bridgehead atoms. The summed E-state index contributed by atoms with van der Waals surface area (Å²) in [6, 6.07) is 0. The van der Waals surface area contributed by atoms with Crippen LogP contribution in [0.2, 0.25) is 0 Å². The molecule has 0 aliphatic rings. The van der Waals surface area contributed by atoms with Gasteiger partial charge in [0.05, 0.1) is 14.8 Å². The van der Waals surface area contributed by atoms with Crippen LogP contribution in [0.15, 0.2) is 0 Å². The molecular weight excluding hydrogens is 334 g/mol. The van der Waals surface area contributed by atoms with Crippen LogP contribution in [0.4, 0.5) is 22.7 Å². The number of nitro groups is 3. The van der Waals surface area contributed by atoms with Crippen molar-refractivity contribution in [2.45, 2.75) is 0 Å². The zero-order valence-corrected chi connectivity index (χ0v) is 8.26. The minimum atomic E-state index is -1.55. The summed E-state index contributed by atoms with van der Waals surface area (Å²) < 4.78 is 0. The van der Waals surface area contributed by atoms with E-state index in [1.54, 1.807) is 0 Å². The molecule has 0 heterocycles. The summed E-state index contributed by atoms with van der Waals surface area (Å²) in [6.07, 6.45) is 0. The first kappa shape index (κ1) is 22.4. The van der Waals surface area contributed by atoms with Gasteiger partial charge in [-0.3, -0.25) is 30.3 Å². The summed E-state index contributed by atoms with van der Waals surface area (Å²) in [4.78, 5) is 27.5. The van der Waals surface area contributed by atoms with Gasteiger partial charge in [0.1, 0.15) is 0 Å². The second kappa shape index (κ2) is 8.51. The number of aromatic hydroxyl groups is 2. The fourth-order valence-corrected chi connectivity index (χ4v) is 1.25. The Hall–Kier alpha value is 0.0927.